The van der Waals surface area contributed by atoms with Crippen molar-refractivity contribution >= 4 is 22.6 Å². The maximum atomic E-state index is 4.96. The molecule has 0 spiro atoms. The Kier molecular flexibility index (Phi) is 3.18. The van der Waals surface area contributed by atoms with Crippen molar-refractivity contribution in [3.8, 4) is 0 Å². The number of rotatable bonds is 3. The molecule has 2 aromatic rings. The van der Waals surface area contributed by atoms with Gasteiger partial charge in [-0.15, -0.1) is 0 Å². The van der Waals surface area contributed by atoms with E-state index in [1.165, 1.54) is 12.0 Å². The Labute approximate surface area is 96.5 Å². The van der Waals surface area contributed by atoms with Crippen molar-refractivity contribution in [2.24, 2.45) is 0 Å². The molecular weight excluding hydrogens is 289 g/mol. The van der Waals surface area contributed by atoms with Crippen LogP contribution in [0.15, 0.2) is 47.4 Å². The molecule has 2 rings (SSSR count). The fraction of sp³-hybridized carbons (Fsp3) is 0.182. The molecule has 0 amide bonds. The van der Waals surface area contributed by atoms with Crippen molar-refractivity contribution in [2.45, 2.75) is 10.3 Å². The van der Waals surface area contributed by atoms with Crippen molar-refractivity contribution in [3.05, 3.63) is 54.2 Å². The van der Waals surface area contributed by atoms with E-state index in [9.17, 15) is 0 Å². The Hall–Kier alpha value is -0.840. The smallest absolute Gasteiger partial charge is 0.180 e. The number of hydrogen-bond donors (Lipinski definition) is 0. The van der Waals surface area contributed by atoms with E-state index in [0.717, 1.165) is 12.1 Å². The fourth-order valence-electron chi connectivity index (χ4n) is 1.30. The van der Waals surface area contributed by atoms with E-state index < -0.39 is 0 Å². The molecule has 1 atom stereocenters. The van der Waals surface area contributed by atoms with Gasteiger partial charge in [0.1, 0.15) is 6.26 Å². The first-order valence-electron chi connectivity index (χ1n) is 4.42. The molecule has 1 aromatic heterocycles. The van der Waals surface area contributed by atoms with Crippen LogP contribution in [0, 0.1) is 0 Å². The van der Waals surface area contributed by atoms with Crippen LogP contribution in [0.3, 0.4) is 0 Å². The van der Waals surface area contributed by atoms with Gasteiger partial charge in [0.2, 0.25) is 0 Å². The molecule has 0 aliphatic rings. The van der Waals surface area contributed by atoms with E-state index in [1.807, 2.05) is 6.07 Å². The molecule has 2 nitrogen and oxygen atoms in total. The van der Waals surface area contributed by atoms with Gasteiger partial charge >= 0.3 is 0 Å². The summed E-state index contributed by atoms with van der Waals surface area (Å²) in [5.74, 6) is 0. The van der Waals surface area contributed by atoms with Crippen molar-refractivity contribution in [2.75, 3.05) is 0 Å². The second-order valence-electron chi connectivity index (χ2n) is 3.07. The molecule has 0 saturated carbocycles. The number of halogens is 1. The van der Waals surface area contributed by atoms with Crippen LogP contribution in [0.25, 0.3) is 0 Å². The Bertz CT molecular complexity index is 371. The van der Waals surface area contributed by atoms with Gasteiger partial charge in [0.15, 0.2) is 6.39 Å². The molecule has 1 heterocycles. The van der Waals surface area contributed by atoms with E-state index in [-0.39, 0.29) is 0 Å². The summed E-state index contributed by atoms with van der Waals surface area (Å²) < 4.78 is 5.34. The van der Waals surface area contributed by atoms with Crippen molar-refractivity contribution in [1.29, 1.82) is 0 Å². The summed E-state index contributed by atoms with van der Waals surface area (Å²) in [6, 6.07) is 10.4. The number of oxazole rings is 1. The van der Waals surface area contributed by atoms with Crippen LogP contribution in [0.4, 0.5) is 0 Å². The fourth-order valence-corrected chi connectivity index (χ4v) is 2.12. The molecule has 0 saturated heterocycles. The van der Waals surface area contributed by atoms with Crippen LogP contribution >= 0.6 is 22.6 Å². The summed E-state index contributed by atoms with van der Waals surface area (Å²) in [6.45, 7) is 0. The molecular formula is C11H10INO. The molecule has 1 aromatic carbocycles. The minimum absolute atomic E-state index is 0.383. The van der Waals surface area contributed by atoms with Gasteiger partial charge in [-0.1, -0.05) is 52.9 Å². The molecule has 0 radical (unpaired) electrons. The summed E-state index contributed by atoms with van der Waals surface area (Å²) in [4.78, 5) is 4.14. The highest BCUT2D eigenvalue weighted by atomic mass is 127. The average Bonchev–Trinajstić information content (AvgIpc) is 2.72. The average molecular weight is 299 g/mol. The SMILES string of the molecule is IC(Cc1ccccc1)c1cocn1. The number of nitrogens with zero attached hydrogens (tertiary/aromatic N) is 1. The second-order valence-corrected chi connectivity index (χ2v) is 4.57. The highest BCUT2D eigenvalue weighted by Gasteiger charge is 2.10. The number of hydrogen-bond acceptors (Lipinski definition) is 2. The lowest BCUT2D eigenvalue weighted by Crippen LogP contribution is -1.94. The standard InChI is InChI=1S/C11H10INO/c12-10(11-7-14-8-13-11)6-9-4-2-1-3-5-9/h1-5,7-8,10H,6H2. The molecule has 0 bridgehead atoms. The molecule has 0 fully saturated rings. The van der Waals surface area contributed by atoms with E-state index in [4.69, 9.17) is 4.42 Å². The molecule has 3 heteroatoms. The molecule has 0 N–H and O–H groups in total. The van der Waals surface area contributed by atoms with Crippen LogP contribution in [-0.4, -0.2) is 4.98 Å². The van der Waals surface area contributed by atoms with Gasteiger partial charge in [-0.25, -0.2) is 4.98 Å². The summed E-state index contributed by atoms with van der Waals surface area (Å²) in [5.41, 5.74) is 2.34. The van der Waals surface area contributed by atoms with E-state index in [0.29, 0.717) is 3.92 Å². The summed E-state index contributed by atoms with van der Waals surface area (Å²) in [5, 5.41) is 0. The van der Waals surface area contributed by atoms with E-state index in [2.05, 4.69) is 51.8 Å². The first-order valence-corrected chi connectivity index (χ1v) is 5.67. The topological polar surface area (TPSA) is 26.0 Å². The Morgan fingerprint density at radius 2 is 2.07 bits per heavy atom. The zero-order valence-corrected chi connectivity index (χ0v) is 9.72. The van der Waals surface area contributed by atoms with Crippen LogP contribution in [0.2, 0.25) is 0 Å². The molecule has 14 heavy (non-hydrogen) atoms. The summed E-state index contributed by atoms with van der Waals surface area (Å²) in [6.07, 6.45) is 4.18. The zero-order valence-electron chi connectivity index (χ0n) is 7.56. The second kappa shape index (κ2) is 4.59. The number of alkyl halides is 1. The van der Waals surface area contributed by atoms with Gasteiger partial charge in [0.05, 0.1) is 9.62 Å². The van der Waals surface area contributed by atoms with Crippen LogP contribution < -0.4 is 0 Å². The maximum Gasteiger partial charge on any atom is 0.180 e. The largest absolute Gasteiger partial charge is 0.451 e. The third kappa shape index (κ3) is 2.35. The van der Waals surface area contributed by atoms with Gasteiger partial charge in [-0.05, 0) is 12.0 Å². The normalized spacial score (nSPS) is 12.6. The zero-order chi connectivity index (χ0) is 9.80. The van der Waals surface area contributed by atoms with Crippen LogP contribution in [-0.2, 0) is 6.42 Å². The van der Waals surface area contributed by atoms with Gasteiger partial charge < -0.3 is 4.42 Å². The van der Waals surface area contributed by atoms with E-state index >= 15 is 0 Å². The Balaban J connectivity index is 2.06. The monoisotopic (exact) mass is 299 g/mol. The highest BCUT2D eigenvalue weighted by Crippen LogP contribution is 2.25. The van der Waals surface area contributed by atoms with Crippen molar-refractivity contribution in [1.82, 2.24) is 4.98 Å². The van der Waals surface area contributed by atoms with Gasteiger partial charge in [0, 0.05) is 0 Å². The van der Waals surface area contributed by atoms with Crippen molar-refractivity contribution in [3.63, 3.8) is 0 Å². The van der Waals surface area contributed by atoms with Crippen LogP contribution in [0.1, 0.15) is 15.2 Å². The highest BCUT2D eigenvalue weighted by molar-refractivity contribution is 14.1. The summed E-state index contributed by atoms with van der Waals surface area (Å²) >= 11 is 2.39. The molecule has 0 aliphatic heterocycles. The van der Waals surface area contributed by atoms with Gasteiger partial charge in [0.25, 0.3) is 0 Å². The Morgan fingerprint density at radius 3 is 2.71 bits per heavy atom. The minimum Gasteiger partial charge on any atom is -0.451 e. The lowest BCUT2D eigenvalue weighted by molar-refractivity contribution is 0.556. The Morgan fingerprint density at radius 1 is 1.29 bits per heavy atom. The van der Waals surface area contributed by atoms with Crippen LogP contribution in [0.5, 0.6) is 0 Å². The third-order valence-electron chi connectivity index (χ3n) is 2.03. The number of aromatic nitrogens is 1. The lowest BCUT2D eigenvalue weighted by atomic mass is 10.1. The van der Waals surface area contributed by atoms with E-state index in [1.54, 1.807) is 6.26 Å². The molecule has 0 aliphatic carbocycles. The third-order valence-corrected chi connectivity index (χ3v) is 3.11. The maximum absolute atomic E-state index is 4.96. The first kappa shape index (κ1) is 9.71. The molecule has 72 valence electrons. The first-order chi connectivity index (χ1) is 6.86. The minimum atomic E-state index is 0.383. The van der Waals surface area contributed by atoms with Crippen molar-refractivity contribution < 1.29 is 4.42 Å². The summed E-state index contributed by atoms with van der Waals surface area (Å²) in [7, 11) is 0. The van der Waals surface area contributed by atoms with Gasteiger partial charge in [-0.3, -0.25) is 0 Å². The number of benzene rings is 1. The molecule has 1 unspecified atom stereocenters. The lowest BCUT2D eigenvalue weighted by Gasteiger charge is -2.05. The van der Waals surface area contributed by atoms with Gasteiger partial charge in [-0.2, -0.15) is 0 Å². The quantitative estimate of drug-likeness (QED) is 0.641. The predicted octanol–water partition coefficient (Wildman–Crippen LogP) is 3.39. The predicted molar refractivity (Wildman–Crippen MR) is 63.4 cm³/mol.